The molecular formula is C19H33ClO3. The fraction of sp³-hybridized carbons (Fsp3) is 0.789. The van der Waals surface area contributed by atoms with Crippen LogP contribution < -0.4 is 0 Å². The third-order valence-corrected chi connectivity index (χ3v) is 3.91. The van der Waals surface area contributed by atoms with Gasteiger partial charge in [-0.3, -0.25) is 4.79 Å². The Labute approximate surface area is 146 Å². The van der Waals surface area contributed by atoms with Crippen molar-refractivity contribution in [2.45, 2.75) is 96.8 Å². The molecule has 0 saturated carbocycles. The molecule has 3 nitrogen and oxygen atoms in total. The molecule has 0 aromatic rings. The Morgan fingerprint density at radius 3 is 1.78 bits per heavy atom. The van der Waals surface area contributed by atoms with Gasteiger partial charge in [0, 0.05) is 18.0 Å². The van der Waals surface area contributed by atoms with Crippen molar-refractivity contribution < 1.29 is 14.3 Å². The summed E-state index contributed by atoms with van der Waals surface area (Å²) < 4.78 is 4.25. The predicted octanol–water partition coefficient (Wildman–Crippen LogP) is 6.93. The van der Waals surface area contributed by atoms with Crippen molar-refractivity contribution in [2.75, 3.05) is 0 Å². The molecule has 0 aliphatic carbocycles. The maximum absolute atomic E-state index is 11.1. The van der Waals surface area contributed by atoms with Gasteiger partial charge in [0.2, 0.25) is 0 Å². The van der Waals surface area contributed by atoms with Gasteiger partial charge in [0.1, 0.15) is 0 Å². The van der Waals surface area contributed by atoms with E-state index < -0.39 is 11.4 Å². The van der Waals surface area contributed by atoms with Gasteiger partial charge in [0.15, 0.2) is 0 Å². The number of hydrogen-bond acceptors (Lipinski definition) is 3. The summed E-state index contributed by atoms with van der Waals surface area (Å²) in [5, 5.41) is 0. The summed E-state index contributed by atoms with van der Waals surface area (Å²) in [5.41, 5.74) is -1.04. The van der Waals surface area contributed by atoms with Crippen molar-refractivity contribution >= 4 is 23.0 Å². The SMILES string of the molecule is CCCCCCCC/C=C\CCCCCCCC(=O)OC(=O)Cl. The van der Waals surface area contributed by atoms with Gasteiger partial charge < -0.3 is 4.74 Å². The molecule has 0 amide bonds. The van der Waals surface area contributed by atoms with Gasteiger partial charge in [-0.15, -0.1) is 0 Å². The minimum Gasteiger partial charge on any atom is -0.381 e. The van der Waals surface area contributed by atoms with E-state index in [1.54, 1.807) is 0 Å². The number of halogens is 1. The zero-order chi connectivity index (χ0) is 17.2. The summed E-state index contributed by atoms with van der Waals surface area (Å²) in [6.45, 7) is 2.25. The molecule has 0 aliphatic rings. The van der Waals surface area contributed by atoms with E-state index >= 15 is 0 Å². The molecular weight excluding hydrogens is 312 g/mol. The fourth-order valence-electron chi connectivity index (χ4n) is 2.48. The fourth-order valence-corrected chi connectivity index (χ4v) is 2.57. The molecule has 0 heterocycles. The number of hydrogen-bond donors (Lipinski definition) is 0. The molecule has 0 bridgehead atoms. The Hall–Kier alpha value is -0.830. The summed E-state index contributed by atoms with van der Waals surface area (Å²) in [7, 11) is 0. The lowest BCUT2D eigenvalue weighted by atomic mass is 10.1. The summed E-state index contributed by atoms with van der Waals surface area (Å²) in [5.74, 6) is -0.525. The van der Waals surface area contributed by atoms with Crippen LogP contribution in [0.1, 0.15) is 96.8 Å². The second-order valence-electron chi connectivity index (χ2n) is 6.05. The average Bonchev–Trinajstić information content (AvgIpc) is 2.50. The van der Waals surface area contributed by atoms with E-state index in [9.17, 15) is 9.59 Å². The molecule has 0 radical (unpaired) electrons. The van der Waals surface area contributed by atoms with Gasteiger partial charge >= 0.3 is 11.4 Å². The van der Waals surface area contributed by atoms with Crippen molar-refractivity contribution in [3.05, 3.63) is 12.2 Å². The zero-order valence-corrected chi connectivity index (χ0v) is 15.4. The Morgan fingerprint density at radius 2 is 1.26 bits per heavy atom. The molecule has 0 rings (SSSR count). The smallest absolute Gasteiger partial charge is 0.381 e. The van der Waals surface area contributed by atoms with Crippen LogP contribution in [0.5, 0.6) is 0 Å². The van der Waals surface area contributed by atoms with Gasteiger partial charge in [0.05, 0.1) is 0 Å². The van der Waals surface area contributed by atoms with Crippen LogP contribution in [0.15, 0.2) is 12.2 Å². The van der Waals surface area contributed by atoms with Crippen LogP contribution >= 0.6 is 11.6 Å². The number of ether oxygens (including phenoxy) is 1. The molecule has 23 heavy (non-hydrogen) atoms. The summed E-state index contributed by atoms with van der Waals surface area (Å²) in [4.78, 5) is 21.4. The zero-order valence-electron chi connectivity index (χ0n) is 14.7. The van der Waals surface area contributed by atoms with Crippen LogP contribution in [0.3, 0.4) is 0 Å². The number of carbonyl (C=O) groups is 2. The molecule has 0 N–H and O–H groups in total. The number of carbonyl (C=O) groups excluding carboxylic acids is 2. The monoisotopic (exact) mass is 344 g/mol. The van der Waals surface area contributed by atoms with Gasteiger partial charge in [-0.05, 0) is 32.1 Å². The van der Waals surface area contributed by atoms with Crippen LogP contribution in [0.25, 0.3) is 0 Å². The molecule has 0 fully saturated rings. The first-order valence-corrected chi connectivity index (χ1v) is 9.59. The van der Waals surface area contributed by atoms with Crippen LogP contribution in [0.2, 0.25) is 0 Å². The normalized spacial score (nSPS) is 11.0. The molecule has 0 spiro atoms. The summed E-state index contributed by atoms with van der Waals surface area (Å²) in [6, 6.07) is 0. The van der Waals surface area contributed by atoms with E-state index in [0.717, 1.165) is 25.7 Å². The van der Waals surface area contributed by atoms with Gasteiger partial charge in [0.25, 0.3) is 0 Å². The van der Waals surface area contributed by atoms with Crippen LogP contribution in [0.4, 0.5) is 4.79 Å². The van der Waals surface area contributed by atoms with Gasteiger partial charge in [-0.1, -0.05) is 70.4 Å². The quantitative estimate of drug-likeness (QED) is 0.106. The summed E-state index contributed by atoms with van der Waals surface area (Å²) in [6.07, 6.45) is 20.7. The van der Waals surface area contributed by atoms with Crippen LogP contribution in [-0.2, 0) is 9.53 Å². The third-order valence-electron chi connectivity index (χ3n) is 3.84. The van der Waals surface area contributed by atoms with Crippen molar-refractivity contribution in [3.8, 4) is 0 Å². The highest BCUT2D eigenvalue weighted by molar-refractivity contribution is 6.61. The molecule has 0 saturated heterocycles. The Balaban J connectivity index is 3.19. The van der Waals surface area contributed by atoms with Gasteiger partial charge in [-0.2, -0.15) is 0 Å². The van der Waals surface area contributed by atoms with E-state index in [1.165, 1.54) is 57.8 Å². The van der Waals surface area contributed by atoms with E-state index in [0.29, 0.717) is 0 Å². The lowest BCUT2D eigenvalue weighted by Crippen LogP contribution is -2.05. The van der Waals surface area contributed by atoms with E-state index in [4.69, 9.17) is 11.6 Å². The number of unbranched alkanes of at least 4 members (excludes halogenated alkanes) is 11. The standard InChI is InChI=1S/C19H33ClO3/c1-2-3-4-5-6-7-8-9-10-11-12-13-14-15-16-17-18(21)23-19(20)22/h9-10H,2-8,11-17H2,1H3/b10-9-. The maximum Gasteiger partial charge on any atom is 0.411 e. The Bertz CT molecular complexity index is 327. The first-order chi connectivity index (χ1) is 11.2. The highest BCUT2D eigenvalue weighted by Crippen LogP contribution is 2.10. The first-order valence-electron chi connectivity index (χ1n) is 9.22. The second-order valence-corrected chi connectivity index (χ2v) is 6.35. The minimum atomic E-state index is -1.04. The molecule has 0 atom stereocenters. The molecule has 4 heteroatoms. The Kier molecular flexibility index (Phi) is 16.9. The number of rotatable bonds is 15. The van der Waals surface area contributed by atoms with E-state index in [-0.39, 0.29) is 6.42 Å². The van der Waals surface area contributed by atoms with E-state index in [2.05, 4.69) is 23.8 Å². The topological polar surface area (TPSA) is 43.4 Å². The molecule has 0 aliphatic heterocycles. The highest BCUT2D eigenvalue weighted by atomic mass is 35.5. The average molecular weight is 345 g/mol. The predicted molar refractivity (Wildman–Crippen MR) is 96.8 cm³/mol. The molecule has 0 unspecified atom stereocenters. The second kappa shape index (κ2) is 17.5. The number of esters is 1. The lowest BCUT2D eigenvalue weighted by Gasteiger charge is -2.00. The number of allylic oxidation sites excluding steroid dienone is 2. The van der Waals surface area contributed by atoms with Crippen molar-refractivity contribution in [3.63, 3.8) is 0 Å². The minimum absolute atomic E-state index is 0.274. The summed E-state index contributed by atoms with van der Waals surface area (Å²) >= 11 is 4.96. The highest BCUT2D eigenvalue weighted by Gasteiger charge is 2.06. The van der Waals surface area contributed by atoms with E-state index in [1.807, 2.05) is 0 Å². The molecule has 0 aromatic heterocycles. The van der Waals surface area contributed by atoms with Crippen LogP contribution in [-0.4, -0.2) is 11.4 Å². The van der Waals surface area contributed by atoms with Crippen LogP contribution in [0, 0.1) is 0 Å². The lowest BCUT2D eigenvalue weighted by molar-refractivity contribution is -0.136. The Morgan fingerprint density at radius 1 is 0.783 bits per heavy atom. The third kappa shape index (κ3) is 19.1. The molecule has 134 valence electrons. The molecule has 0 aromatic carbocycles. The first kappa shape index (κ1) is 22.2. The van der Waals surface area contributed by atoms with Crippen molar-refractivity contribution in [2.24, 2.45) is 0 Å². The largest absolute Gasteiger partial charge is 0.411 e. The van der Waals surface area contributed by atoms with Gasteiger partial charge in [-0.25, -0.2) is 4.79 Å². The van der Waals surface area contributed by atoms with Crippen molar-refractivity contribution in [1.29, 1.82) is 0 Å². The van der Waals surface area contributed by atoms with Crippen molar-refractivity contribution in [1.82, 2.24) is 0 Å². The maximum atomic E-state index is 11.1.